The second-order valence-electron chi connectivity index (χ2n) is 22.7. The first-order valence-electron chi connectivity index (χ1n) is 33.2. The van der Waals surface area contributed by atoms with E-state index in [1.54, 1.807) is 7.11 Å². The van der Waals surface area contributed by atoms with Crippen molar-refractivity contribution in [2.24, 2.45) is 5.16 Å². The minimum Gasteiger partial charge on any atom is -0.490 e. The van der Waals surface area contributed by atoms with E-state index >= 15 is 0 Å². The van der Waals surface area contributed by atoms with E-state index in [2.05, 4.69) is 38.1 Å². The molecule has 7 heteroatoms. The van der Waals surface area contributed by atoms with Gasteiger partial charge in [-0.05, 0) is 24.8 Å². The van der Waals surface area contributed by atoms with Crippen LogP contribution in [0.3, 0.4) is 0 Å². The Morgan fingerprint density at radius 1 is 0.316 bits per heavy atom. The first-order chi connectivity index (χ1) is 37.7. The number of benzene rings is 2. The van der Waals surface area contributed by atoms with Crippen LogP contribution in [0.5, 0.6) is 28.7 Å². The van der Waals surface area contributed by atoms with Crippen molar-refractivity contribution >= 4 is 6.21 Å². The Balaban J connectivity index is 2.03. The molecule has 7 nitrogen and oxygen atoms in total. The highest BCUT2D eigenvalue weighted by Gasteiger charge is 2.30. The molecule has 0 aliphatic heterocycles. The van der Waals surface area contributed by atoms with Crippen molar-refractivity contribution in [3.63, 3.8) is 0 Å². The van der Waals surface area contributed by atoms with Crippen LogP contribution in [0.15, 0.2) is 35.5 Å². The predicted octanol–water partition coefficient (Wildman–Crippen LogP) is 23.0. The molecule has 0 atom stereocenters. The van der Waals surface area contributed by atoms with Crippen LogP contribution in [-0.2, 0) is 6.61 Å². The summed E-state index contributed by atoms with van der Waals surface area (Å²) in [6.07, 6.45) is 64.9. The summed E-state index contributed by atoms with van der Waals surface area (Å²) >= 11 is 0. The lowest BCUT2D eigenvalue weighted by atomic mass is 10.0. The van der Waals surface area contributed by atoms with E-state index < -0.39 is 0 Å². The van der Waals surface area contributed by atoms with Crippen molar-refractivity contribution in [1.82, 2.24) is 0 Å². The minimum absolute atomic E-state index is 0.309. The highest BCUT2D eigenvalue weighted by Crippen LogP contribution is 2.54. The lowest BCUT2D eigenvalue weighted by molar-refractivity contribution is 0.219. The van der Waals surface area contributed by atoms with E-state index in [0.29, 0.717) is 60.7 Å². The average Bonchev–Trinajstić information content (AvgIpc) is 3.46. The molecule has 1 N–H and O–H groups in total. The summed E-state index contributed by atoms with van der Waals surface area (Å²) in [5.74, 6) is 2.40. The van der Waals surface area contributed by atoms with E-state index in [9.17, 15) is 5.21 Å². The number of nitrogens with zero attached hydrogens (tertiary/aromatic N) is 1. The van der Waals surface area contributed by atoms with E-state index in [1.807, 2.05) is 18.2 Å². The molecule has 0 aliphatic carbocycles. The van der Waals surface area contributed by atoms with Gasteiger partial charge in [0.1, 0.15) is 6.61 Å². The Morgan fingerprint density at radius 2 is 0.566 bits per heavy atom. The highest BCUT2D eigenvalue weighted by atomic mass is 16.6. The Morgan fingerprint density at radius 3 is 0.829 bits per heavy atom. The van der Waals surface area contributed by atoms with Gasteiger partial charge in [-0.2, -0.15) is 0 Å². The maximum absolute atomic E-state index is 10.2. The van der Waals surface area contributed by atoms with Crippen molar-refractivity contribution in [2.45, 2.75) is 336 Å². The molecule has 0 spiro atoms. The van der Waals surface area contributed by atoms with E-state index in [1.165, 1.54) is 276 Å². The summed E-state index contributed by atoms with van der Waals surface area (Å²) in [5, 5.41) is 13.8. The zero-order valence-electron chi connectivity index (χ0n) is 50.7. The molecule has 0 heterocycles. The molecule has 2 aromatic rings. The van der Waals surface area contributed by atoms with Crippen molar-refractivity contribution in [3.8, 4) is 28.7 Å². The van der Waals surface area contributed by atoms with E-state index in [4.69, 9.17) is 23.7 Å². The average molecular weight is 1060 g/mol. The Hall–Kier alpha value is -3.09. The van der Waals surface area contributed by atoms with Crippen molar-refractivity contribution in [1.29, 1.82) is 0 Å². The molecule has 0 radical (unpaired) electrons. The molecule has 2 rings (SSSR count). The molecular formula is C69H123NO6. The smallest absolute Gasteiger partial charge is 0.211 e. The van der Waals surface area contributed by atoms with Crippen LogP contribution < -0.4 is 23.7 Å². The SMILES string of the molecule is CCCCCCCCCCCCCCCCCCOc1c(C=NO)c(OCc2ccccc2)c(OCCCCCCCCCCCCCCCCCC)c(OC)c1OCCCCCCCCCCCCCCCCCC. The molecule has 76 heavy (non-hydrogen) atoms. The van der Waals surface area contributed by atoms with Crippen molar-refractivity contribution < 1.29 is 28.9 Å². The molecule has 0 aliphatic rings. The van der Waals surface area contributed by atoms with E-state index in [-0.39, 0.29) is 0 Å². The number of hydrogen-bond donors (Lipinski definition) is 1. The number of rotatable bonds is 59. The Labute approximate surface area is 471 Å². The number of oxime groups is 1. The normalized spacial score (nSPS) is 11.5. The quantitative estimate of drug-likeness (QED) is 0.0308. The molecule has 0 saturated carbocycles. The zero-order valence-corrected chi connectivity index (χ0v) is 50.7. The molecular weight excluding hydrogens is 939 g/mol. The third-order valence-corrected chi connectivity index (χ3v) is 15.7. The summed E-state index contributed by atoms with van der Waals surface area (Å²) in [5.41, 5.74) is 1.54. The molecule has 0 saturated heterocycles. The molecule has 2 aromatic carbocycles. The monoisotopic (exact) mass is 1060 g/mol. The van der Waals surface area contributed by atoms with Gasteiger partial charge in [-0.25, -0.2) is 0 Å². The maximum atomic E-state index is 10.2. The zero-order chi connectivity index (χ0) is 54.3. The lowest BCUT2D eigenvalue weighted by Crippen LogP contribution is -2.11. The summed E-state index contributed by atoms with van der Waals surface area (Å²) < 4.78 is 33.0. The third kappa shape index (κ3) is 37.7. The topological polar surface area (TPSA) is 78.7 Å². The Kier molecular flexibility index (Phi) is 48.9. The summed E-state index contributed by atoms with van der Waals surface area (Å²) in [4.78, 5) is 0. The second-order valence-corrected chi connectivity index (χ2v) is 22.7. The summed E-state index contributed by atoms with van der Waals surface area (Å²) in [7, 11) is 1.68. The second kappa shape index (κ2) is 53.9. The summed E-state index contributed by atoms with van der Waals surface area (Å²) in [6, 6.07) is 10.2. The van der Waals surface area contributed by atoms with Gasteiger partial charge in [0.05, 0.1) is 38.7 Å². The van der Waals surface area contributed by atoms with Crippen LogP contribution in [-0.4, -0.2) is 38.4 Å². The summed E-state index contributed by atoms with van der Waals surface area (Å²) in [6.45, 7) is 8.76. The fourth-order valence-corrected chi connectivity index (χ4v) is 10.8. The number of hydrogen-bond acceptors (Lipinski definition) is 7. The molecule has 440 valence electrons. The van der Waals surface area contributed by atoms with Gasteiger partial charge in [0.25, 0.3) is 0 Å². The number of methoxy groups -OCH3 is 1. The third-order valence-electron chi connectivity index (χ3n) is 15.7. The van der Waals surface area contributed by atoms with Crippen LogP contribution in [0.1, 0.15) is 340 Å². The highest BCUT2D eigenvalue weighted by molar-refractivity contribution is 5.92. The van der Waals surface area contributed by atoms with E-state index in [0.717, 1.165) is 44.1 Å². The van der Waals surface area contributed by atoms with Gasteiger partial charge in [0, 0.05) is 0 Å². The van der Waals surface area contributed by atoms with Gasteiger partial charge in [0.2, 0.25) is 17.2 Å². The van der Waals surface area contributed by atoms with Crippen LogP contribution in [0.4, 0.5) is 0 Å². The van der Waals surface area contributed by atoms with Gasteiger partial charge in [-0.1, -0.05) is 345 Å². The minimum atomic E-state index is 0.309. The maximum Gasteiger partial charge on any atom is 0.211 e. The van der Waals surface area contributed by atoms with Gasteiger partial charge in [-0.15, -0.1) is 0 Å². The largest absolute Gasteiger partial charge is 0.490 e. The molecule has 0 bridgehead atoms. The number of ether oxygens (including phenoxy) is 5. The fraction of sp³-hybridized carbons (Fsp3) is 0.812. The van der Waals surface area contributed by atoms with Gasteiger partial charge in [-0.3, -0.25) is 0 Å². The number of unbranched alkanes of at least 4 members (excludes halogenated alkanes) is 45. The molecule has 0 fully saturated rings. The molecule has 0 unspecified atom stereocenters. The van der Waals surface area contributed by atoms with Crippen molar-refractivity contribution in [2.75, 3.05) is 26.9 Å². The van der Waals surface area contributed by atoms with Gasteiger partial charge in [0.15, 0.2) is 11.5 Å². The first kappa shape index (κ1) is 69.0. The standard InChI is InChI=1S/C69H123NO6/c1-5-8-11-14-17-20-23-26-29-32-35-38-41-44-47-53-58-73-65-64(61-70-71)66(76-62-63-56-51-50-52-57-63)69(75-60-55-49-46-43-40-37-34-31-28-25-22-19-16-13-10-7-3)67(72-4)68(65)74-59-54-48-45-42-39-36-33-30-27-24-21-18-15-12-9-6-2/h50-52,56-57,61,71H,5-49,53-55,58-60,62H2,1-4H3. The first-order valence-corrected chi connectivity index (χ1v) is 33.2. The predicted molar refractivity (Wildman–Crippen MR) is 328 cm³/mol. The van der Waals surface area contributed by atoms with Gasteiger partial charge < -0.3 is 28.9 Å². The molecule has 0 amide bonds. The van der Waals surface area contributed by atoms with Crippen LogP contribution in [0, 0.1) is 0 Å². The van der Waals surface area contributed by atoms with Crippen molar-refractivity contribution in [3.05, 3.63) is 41.5 Å². The van der Waals surface area contributed by atoms with Crippen LogP contribution >= 0.6 is 0 Å². The van der Waals surface area contributed by atoms with Crippen LogP contribution in [0.2, 0.25) is 0 Å². The molecule has 0 aromatic heterocycles. The fourth-order valence-electron chi connectivity index (χ4n) is 10.8. The van der Waals surface area contributed by atoms with Crippen LogP contribution in [0.25, 0.3) is 0 Å². The Bertz CT molecular complexity index is 1550. The van der Waals surface area contributed by atoms with Gasteiger partial charge >= 0.3 is 0 Å². The lowest BCUT2D eigenvalue weighted by Gasteiger charge is -2.24.